The fourth-order valence-electron chi connectivity index (χ4n) is 2.91. The molecule has 2 N–H and O–H groups in total. The fourth-order valence-corrected chi connectivity index (χ4v) is 3.74. The number of hydrogen-bond donors (Lipinski definition) is 2. The molecule has 8 heteroatoms. The molecule has 0 atom stereocenters. The summed E-state index contributed by atoms with van der Waals surface area (Å²) in [4.78, 5) is 23.3. The van der Waals surface area contributed by atoms with Crippen molar-refractivity contribution in [3.63, 3.8) is 0 Å². The second-order valence-corrected chi connectivity index (χ2v) is 7.89. The Hall–Kier alpha value is -0.900. The van der Waals surface area contributed by atoms with Crippen LogP contribution in [0.4, 0.5) is 0 Å². The van der Waals surface area contributed by atoms with Gasteiger partial charge in [0.05, 0.1) is 17.2 Å². The van der Waals surface area contributed by atoms with Crippen LogP contribution in [0.15, 0.2) is 10.4 Å². The summed E-state index contributed by atoms with van der Waals surface area (Å²) in [5.41, 5.74) is 1.02. The predicted molar refractivity (Wildman–Crippen MR) is 124 cm³/mol. The van der Waals surface area contributed by atoms with E-state index in [1.54, 1.807) is 11.3 Å². The van der Waals surface area contributed by atoms with Crippen molar-refractivity contribution in [3.8, 4) is 0 Å². The molecule has 1 aliphatic heterocycles. The van der Waals surface area contributed by atoms with E-state index in [2.05, 4.69) is 46.8 Å². The normalized spacial score (nSPS) is 15.5. The number of nitrogens with one attached hydrogen (secondary N) is 2. The molecule has 0 unspecified atom stereocenters. The first-order chi connectivity index (χ1) is 12.6. The van der Waals surface area contributed by atoms with Crippen LogP contribution in [-0.2, 0) is 11.3 Å². The van der Waals surface area contributed by atoms with Gasteiger partial charge < -0.3 is 15.5 Å². The Morgan fingerprint density at radius 2 is 2.15 bits per heavy atom. The van der Waals surface area contributed by atoms with Crippen molar-refractivity contribution >= 4 is 47.2 Å². The minimum absolute atomic E-state index is 0. The van der Waals surface area contributed by atoms with Gasteiger partial charge in [-0.15, -0.1) is 35.3 Å². The summed E-state index contributed by atoms with van der Waals surface area (Å²) in [6.07, 6.45) is 5.00. The van der Waals surface area contributed by atoms with E-state index in [0.717, 1.165) is 62.1 Å². The topological polar surface area (TPSA) is 69.6 Å². The number of nitrogens with zero attached hydrogens (tertiary/aromatic N) is 3. The minimum Gasteiger partial charge on any atom is -0.357 e. The molecule has 1 saturated heterocycles. The van der Waals surface area contributed by atoms with Crippen LogP contribution in [-0.4, -0.2) is 47.9 Å². The SMILES string of the molecule is CCNC(=NCc1csc(C(C)C)n1)NCCCN1CCCCCC1=O.I. The number of carbonyl (C=O) groups excluding carboxylic acids is 1. The highest BCUT2D eigenvalue weighted by atomic mass is 127. The van der Waals surface area contributed by atoms with Gasteiger partial charge in [-0.1, -0.05) is 20.3 Å². The highest BCUT2D eigenvalue weighted by Gasteiger charge is 2.15. The van der Waals surface area contributed by atoms with E-state index in [1.165, 1.54) is 6.42 Å². The number of halogens is 1. The first-order valence-corrected chi connectivity index (χ1v) is 10.7. The monoisotopic (exact) mass is 507 g/mol. The van der Waals surface area contributed by atoms with E-state index in [0.29, 0.717) is 24.8 Å². The minimum atomic E-state index is 0. The van der Waals surface area contributed by atoms with Gasteiger partial charge in [0, 0.05) is 43.9 Å². The molecule has 0 radical (unpaired) electrons. The van der Waals surface area contributed by atoms with Crippen molar-refractivity contribution in [3.05, 3.63) is 16.1 Å². The van der Waals surface area contributed by atoms with Gasteiger partial charge in [-0.3, -0.25) is 4.79 Å². The van der Waals surface area contributed by atoms with Crippen LogP contribution < -0.4 is 10.6 Å². The third-order valence-corrected chi connectivity index (χ3v) is 5.57. The molecule has 2 heterocycles. The molecule has 1 aromatic rings. The largest absolute Gasteiger partial charge is 0.357 e. The van der Waals surface area contributed by atoms with Gasteiger partial charge in [0.2, 0.25) is 5.91 Å². The van der Waals surface area contributed by atoms with Gasteiger partial charge in [-0.25, -0.2) is 9.98 Å². The molecule has 6 nitrogen and oxygen atoms in total. The van der Waals surface area contributed by atoms with Crippen LogP contribution in [0.5, 0.6) is 0 Å². The summed E-state index contributed by atoms with van der Waals surface area (Å²) in [7, 11) is 0. The molecule has 0 saturated carbocycles. The number of guanidine groups is 1. The van der Waals surface area contributed by atoms with E-state index in [1.807, 2.05) is 4.90 Å². The van der Waals surface area contributed by atoms with Crippen molar-refractivity contribution in [2.75, 3.05) is 26.2 Å². The summed E-state index contributed by atoms with van der Waals surface area (Å²) in [5, 5.41) is 9.89. The van der Waals surface area contributed by atoms with Gasteiger partial charge in [0.25, 0.3) is 0 Å². The number of likely N-dealkylation sites (tertiary alicyclic amines) is 1. The third-order valence-electron chi connectivity index (χ3n) is 4.38. The quantitative estimate of drug-likeness (QED) is 0.244. The Morgan fingerprint density at radius 1 is 1.33 bits per heavy atom. The number of carbonyl (C=O) groups is 1. The van der Waals surface area contributed by atoms with E-state index in [-0.39, 0.29) is 24.0 Å². The third kappa shape index (κ3) is 8.76. The fraction of sp³-hybridized carbons (Fsp3) is 0.737. The van der Waals surface area contributed by atoms with Gasteiger partial charge in [-0.05, 0) is 26.2 Å². The van der Waals surface area contributed by atoms with E-state index < -0.39 is 0 Å². The van der Waals surface area contributed by atoms with Gasteiger partial charge in [-0.2, -0.15) is 0 Å². The van der Waals surface area contributed by atoms with Crippen molar-refractivity contribution < 1.29 is 4.79 Å². The number of amides is 1. The molecule has 154 valence electrons. The molecule has 1 aliphatic rings. The highest BCUT2D eigenvalue weighted by molar-refractivity contribution is 14.0. The lowest BCUT2D eigenvalue weighted by Crippen LogP contribution is -2.39. The standard InChI is InChI=1S/C19H33N5OS.HI/c1-4-20-19(22-13-16-14-26-18(23-16)15(2)3)21-10-8-12-24-11-7-5-6-9-17(24)25;/h14-15H,4-13H2,1-3H3,(H2,20,21,22);1H. The molecule has 1 fully saturated rings. The van der Waals surface area contributed by atoms with Crippen LogP contribution in [0.2, 0.25) is 0 Å². The molecule has 0 bridgehead atoms. The maximum absolute atomic E-state index is 12.0. The predicted octanol–water partition coefficient (Wildman–Crippen LogP) is 3.73. The van der Waals surface area contributed by atoms with E-state index >= 15 is 0 Å². The lowest BCUT2D eigenvalue weighted by Gasteiger charge is -2.20. The Morgan fingerprint density at radius 3 is 2.85 bits per heavy atom. The number of hydrogen-bond acceptors (Lipinski definition) is 4. The van der Waals surface area contributed by atoms with Crippen molar-refractivity contribution in [1.29, 1.82) is 0 Å². The lowest BCUT2D eigenvalue weighted by atomic mass is 10.2. The average molecular weight is 507 g/mol. The molecule has 1 amide bonds. The van der Waals surface area contributed by atoms with Crippen LogP contribution in [0.3, 0.4) is 0 Å². The average Bonchev–Trinajstić information content (AvgIpc) is 3.01. The van der Waals surface area contributed by atoms with Gasteiger partial charge >= 0.3 is 0 Å². The highest BCUT2D eigenvalue weighted by Crippen LogP contribution is 2.19. The second-order valence-electron chi connectivity index (χ2n) is 7.00. The molecule has 2 rings (SSSR count). The Labute approximate surface area is 184 Å². The smallest absolute Gasteiger partial charge is 0.222 e. The molecular weight excluding hydrogens is 473 g/mol. The summed E-state index contributed by atoms with van der Waals surface area (Å²) >= 11 is 1.70. The lowest BCUT2D eigenvalue weighted by molar-refractivity contribution is -0.130. The molecule has 1 aromatic heterocycles. The summed E-state index contributed by atoms with van der Waals surface area (Å²) in [6.45, 7) is 10.3. The van der Waals surface area contributed by atoms with Gasteiger partial charge in [0.1, 0.15) is 0 Å². The van der Waals surface area contributed by atoms with Crippen molar-refractivity contribution in [1.82, 2.24) is 20.5 Å². The zero-order valence-corrected chi connectivity index (χ0v) is 19.9. The number of aliphatic imine (C=N–C) groups is 1. The Bertz CT molecular complexity index is 590. The number of rotatable bonds is 8. The Balaban J connectivity index is 0.00000364. The molecule has 27 heavy (non-hydrogen) atoms. The Kier molecular flexibility index (Phi) is 11.9. The first kappa shape index (κ1) is 24.1. The molecule has 0 aliphatic carbocycles. The van der Waals surface area contributed by atoms with Crippen molar-refractivity contribution in [2.24, 2.45) is 4.99 Å². The van der Waals surface area contributed by atoms with Crippen molar-refractivity contribution in [2.45, 2.75) is 65.3 Å². The van der Waals surface area contributed by atoms with Gasteiger partial charge in [0.15, 0.2) is 5.96 Å². The molecule has 0 aromatic carbocycles. The van der Waals surface area contributed by atoms with Crippen LogP contribution in [0.25, 0.3) is 0 Å². The van der Waals surface area contributed by atoms with Crippen LogP contribution in [0.1, 0.15) is 69.5 Å². The van der Waals surface area contributed by atoms with Crippen LogP contribution >= 0.6 is 35.3 Å². The maximum Gasteiger partial charge on any atom is 0.222 e. The summed E-state index contributed by atoms with van der Waals surface area (Å²) in [6, 6.07) is 0. The molecular formula is C19H34IN5OS. The zero-order chi connectivity index (χ0) is 18.8. The zero-order valence-electron chi connectivity index (χ0n) is 16.8. The number of aromatic nitrogens is 1. The first-order valence-electron chi connectivity index (χ1n) is 9.84. The second kappa shape index (κ2) is 13.3. The summed E-state index contributed by atoms with van der Waals surface area (Å²) in [5.74, 6) is 1.59. The van der Waals surface area contributed by atoms with E-state index in [9.17, 15) is 4.79 Å². The number of thiazole rings is 1. The van der Waals surface area contributed by atoms with Crippen LogP contribution in [0, 0.1) is 0 Å². The van der Waals surface area contributed by atoms with E-state index in [4.69, 9.17) is 0 Å². The maximum atomic E-state index is 12.0. The summed E-state index contributed by atoms with van der Waals surface area (Å²) < 4.78 is 0. The molecule has 0 spiro atoms.